The van der Waals surface area contributed by atoms with E-state index in [9.17, 15) is 4.79 Å². The summed E-state index contributed by atoms with van der Waals surface area (Å²) in [5.74, 6) is 0.853. The third-order valence-electron chi connectivity index (χ3n) is 3.89. The Kier molecular flexibility index (Phi) is 3.31. The molecule has 0 fully saturated rings. The number of para-hydroxylation sites is 1. The maximum Gasteiger partial charge on any atom is 0.197 e. The molecule has 1 heterocycles. The van der Waals surface area contributed by atoms with Gasteiger partial charge in [-0.25, -0.2) is 0 Å². The Labute approximate surface area is 119 Å². The third-order valence-corrected chi connectivity index (χ3v) is 3.89. The molecule has 0 bridgehead atoms. The lowest BCUT2D eigenvalue weighted by Crippen LogP contribution is -2.14. The lowest BCUT2D eigenvalue weighted by molar-refractivity contribution is 0.103. The summed E-state index contributed by atoms with van der Waals surface area (Å²) in [6.07, 6.45) is 2.01. The summed E-state index contributed by atoms with van der Waals surface area (Å²) >= 11 is 0. The van der Waals surface area contributed by atoms with Crippen molar-refractivity contribution in [3.8, 4) is 5.75 Å². The van der Waals surface area contributed by atoms with Crippen LogP contribution in [0.15, 0.2) is 36.4 Å². The van der Waals surface area contributed by atoms with Crippen LogP contribution in [-0.2, 0) is 6.42 Å². The number of rotatable bonds is 2. The van der Waals surface area contributed by atoms with Crippen molar-refractivity contribution < 1.29 is 9.53 Å². The number of fused-ring (bicyclic) bond motifs is 1. The normalized spacial score (nSPS) is 13.5. The molecule has 0 radical (unpaired) electrons. The summed E-state index contributed by atoms with van der Waals surface area (Å²) in [5, 5.41) is 0. The number of aryl methyl sites for hydroxylation is 3. The molecule has 1 aliphatic heterocycles. The first-order valence-corrected chi connectivity index (χ1v) is 7.04. The fourth-order valence-corrected chi connectivity index (χ4v) is 2.88. The quantitative estimate of drug-likeness (QED) is 0.771. The first-order valence-electron chi connectivity index (χ1n) is 7.04. The van der Waals surface area contributed by atoms with Crippen LogP contribution in [0.3, 0.4) is 0 Å². The van der Waals surface area contributed by atoms with Crippen LogP contribution in [0.1, 0.15) is 39.0 Å². The molecule has 0 saturated carbocycles. The van der Waals surface area contributed by atoms with Crippen molar-refractivity contribution in [3.05, 3.63) is 64.2 Å². The van der Waals surface area contributed by atoms with Gasteiger partial charge in [0.1, 0.15) is 5.75 Å². The Morgan fingerprint density at radius 3 is 2.50 bits per heavy atom. The number of benzene rings is 2. The van der Waals surface area contributed by atoms with Crippen molar-refractivity contribution in [2.24, 2.45) is 0 Å². The molecule has 0 atom stereocenters. The second-order valence-corrected chi connectivity index (χ2v) is 5.34. The predicted octanol–water partition coefficient (Wildman–Crippen LogP) is 3.86. The smallest absolute Gasteiger partial charge is 0.197 e. The number of hydrogen-bond acceptors (Lipinski definition) is 2. The third kappa shape index (κ3) is 2.11. The zero-order valence-corrected chi connectivity index (χ0v) is 11.9. The fourth-order valence-electron chi connectivity index (χ4n) is 2.88. The number of ketones is 1. The average Bonchev–Trinajstić information content (AvgIpc) is 2.46. The summed E-state index contributed by atoms with van der Waals surface area (Å²) in [5.41, 5.74) is 4.68. The summed E-state index contributed by atoms with van der Waals surface area (Å²) < 4.78 is 5.76. The van der Waals surface area contributed by atoms with Crippen LogP contribution in [0, 0.1) is 13.8 Å². The number of hydrogen-bond donors (Lipinski definition) is 0. The van der Waals surface area contributed by atoms with Gasteiger partial charge in [0.25, 0.3) is 0 Å². The maximum atomic E-state index is 12.9. The fraction of sp³-hybridized carbons (Fsp3) is 0.278. The molecule has 102 valence electrons. The van der Waals surface area contributed by atoms with Crippen LogP contribution in [0.5, 0.6) is 5.75 Å². The first kappa shape index (κ1) is 12.9. The minimum atomic E-state index is 0.0688. The number of carbonyl (C=O) groups is 1. The van der Waals surface area contributed by atoms with Crippen LogP contribution < -0.4 is 4.74 Å². The summed E-state index contributed by atoms with van der Waals surface area (Å²) in [6.45, 7) is 4.66. The Morgan fingerprint density at radius 1 is 1.05 bits per heavy atom. The Hall–Kier alpha value is -2.09. The SMILES string of the molecule is Cc1cccc(C)c1C(=O)c1cccc2c1OCCC2. The topological polar surface area (TPSA) is 26.3 Å². The minimum absolute atomic E-state index is 0.0688. The van der Waals surface area contributed by atoms with Gasteiger partial charge < -0.3 is 4.74 Å². The molecule has 2 nitrogen and oxygen atoms in total. The van der Waals surface area contributed by atoms with E-state index in [1.54, 1.807) is 0 Å². The second kappa shape index (κ2) is 5.12. The molecule has 0 aliphatic carbocycles. The molecule has 0 amide bonds. The summed E-state index contributed by atoms with van der Waals surface area (Å²) in [6, 6.07) is 11.8. The average molecular weight is 266 g/mol. The van der Waals surface area contributed by atoms with E-state index >= 15 is 0 Å². The van der Waals surface area contributed by atoms with Gasteiger partial charge in [0, 0.05) is 5.56 Å². The molecule has 1 aliphatic rings. The van der Waals surface area contributed by atoms with E-state index in [1.807, 2.05) is 44.2 Å². The van der Waals surface area contributed by atoms with Crippen molar-refractivity contribution >= 4 is 5.78 Å². The molecule has 2 aromatic carbocycles. The van der Waals surface area contributed by atoms with Crippen molar-refractivity contribution in [2.75, 3.05) is 6.61 Å². The Bertz CT molecular complexity index is 651. The summed E-state index contributed by atoms with van der Waals surface area (Å²) in [4.78, 5) is 12.9. The lowest BCUT2D eigenvalue weighted by atomic mass is 9.92. The monoisotopic (exact) mass is 266 g/mol. The van der Waals surface area contributed by atoms with Crippen LogP contribution in [0.2, 0.25) is 0 Å². The molecule has 3 rings (SSSR count). The van der Waals surface area contributed by atoms with Gasteiger partial charge in [-0.2, -0.15) is 0 Å². The van der Waals surface area contributed by atoms with Gasteiger partial charge in [-0.3, -0.25) is 4.79 Å². The van der Waals surface area contributed by atoms with E-state index in [-0.39, 0.29) is 5.78 Å². The zero-order valence-electron chi connectivity index (χ0n) is 11.9. The molecule has 2 heteroatoms. The highest BCUT2D eigenvalue weighted by molar-refractivity contribution is 6.12. The van der Waals surface area contributed by atoms with Gasteiger partial charge in [-0.1, -0.05) is 30.3 Å². The van der Waals surface area contributed by atoms with Crippen molar-refractivity contribution in [3.63, 3.8) is 0 Å². The molecule has 20 heavy (non-hydrogen) atoms. The van der Waals surface area contributed by atoms with E-state index in [0.717, 1.165) is 40.8 Å². The highest BCUT2D eigenvalue weighted by Gasteiger charge is 2.22. The van der Waals surface area contributed by atoms with Gasteiger partial charge in [0.2, 0.25) is 0 Å². The highest BCUT2D eigenvalue weighted by atomic mass is 16.5. The number of carbonyl (C=O) groups excluding carboxylic acids is 1. The molecule has 2 aromatic rings. The predicted molar refractivity (Wildman–Crippen MR) is 79.6 cm³/mol. The van der Waals surface area contributed by atoms with Gasteiger partial charge in [-0.15, -0.1) is 0 Å². The zero-order chi connectivity index (χ0) is 14.1. The van der Waals surface area contributed by atoms with E-state index in [1.165, 1.54) is 0 Å². The Morgan fingerprint density at radius 2 is 1.75 bits per heavy atom. The number of ether oxygens (including phenoxy) is 1. The van der Waals surface area contributed by atoms with Crippen molar-refractivity contribution in [2.45, 2.75) is 26.7 Å². The maximum absolute atomic E-state index is 12.9. The molecular formula is C18H18O2. The Balaban J connectivity index is 2.12. The molecule has 0 saturated heterocycles. The molecule has 0 N–H and O–H groups in total. The van der Waals surface area contributed by atoms with Crippen molar-refractivity contribution in [1.82, 2.24) is 0 Å². The van der Waals surface area contributed by atoms with E-state index < -0.39 is 0 Å². The highest BCUT2D eigenvalue weighted by Crippen LogP contribution is 2.31. The van der Waals surface area contributed by atoms with Crippen LogP contribution >= 0.6 is 0 Å². The first-order chi connectivity index (χ1) is 9.68. The van der Waals surface area contributed by atoms with Gasteiger partial charge in [-0.05, 0) is 49.4 Å². The second-order valence-electron chi connectivity index (χ2n) is 5.34. The molecule has 0 unspecified atom stereocenters. The van der Waals surface area contributed by atoms with Crippen LogP contribution in [0.4, 0.5) is 0 Å². The standard InChI is InChI=1S/C18H18O2/c1-12-6-3-7-13(2)16(12)17(19)15-10-4-8-14-9-5-11-20-18(14)15/h3-4,6-8,10H,5,9,11H2,1-2H3. The molecule has 0 spiro atoms. The van der Waals surface area contributed by atoms with E-state index in [0.29, 0.717) is 12.2 Å². The van der Waals surface area contributed by atoms with Crippen LogP contribution in [-0.4, -0.2) is 12.4 Å². The molecular weight excluding hydrogens is 248 g/mol. The van der Waals surface area contributed by atoms with E-state index in [4.69, 9.17) is 4.74 Å². The minimum Gasteiger partial charge on any atom is -0.493 e. The van der Waals surface area contributed by atoms with Crippen molar-refractivity contribution in [1.29, 1.82) is 0 Å². The van der Waals surface area contributed by atoms with Gasteiger partial charge >= 0.3 is 0 Å². The lowest BCUT2D eigenvalue weighted by Gasteiger charge is -2.20. The largest absolute Gasteiger partial charge is 0.493 e. The van der Waals surface area contributed by atoms with Gasteiger partial charge in [0.05, 0.1) is 12.2 Å². The summed E-state index contributed by atoms with van der Waals surface area (Å²) in [7, 11) is 0. The van der Waals surface area contributed by atoms with E-state index in [2.05, 4.69) is 6.07 Å². The van der Waals surface area contributed by atoms with Gasteiger partial charge in [0.15, 0.2) is 5.78 Å². The molecule has 0 aromatic heterocycles. The van der Waals surface area contributed by atoms with Crippen LogP contribution in [0.25, 0.3) is 0 Å².